The lowest BCUT2D eigenvalue weighted by atomic mass is 9.93. The summed E-state index contributed by atoms with van der Waals surface area (Å²) in [5.41, 5.74) is 2.86. The van der Waals surface area contributed by atoms with Crippen LogP contribution in [0.3, 0.4) is 0 Å². The van der Waals surface area contributed by atoms with Crippen molar-refractivity contribution in [1.82, 2.24) is 14.6 Å². The molecule has 0 N–H and O–H groups in total. The molecular weight excluding hydrogens is 278 g/mol. The monoisotopic (exact) mass is 295 g/mol. The molecule has 2 rings (SSSR count). The molecule has 2 aromatic heterocycles. The summed E-state index contributed by atoms with van der Waals surface area (Å²) >= 11 is 6.36. The smallest absolute Gasteiger partial charge is 0.310 e. The van der Waals surface area contributed by atoms with Crippen LogP contribution in [0.2, 0.25) is 5.15 Å². The van der Waals surface area contributed by atoms with Crippen LogP contribution in [0.15, 0.2) is 6.07 Å². The summed E-state index contributed by atoms with van der Waals surface area (Å²) in [6.07, 6.45) is 0.0921. The van der Waals surface area contributed by atoms with Crippen molar-refractivity contribution in [2.45, 2.75) is 39.5 Å². The van der Waals surface area contributed by atoms with E-state index in [2.05, 4.69) is 35.6 Å². The van der Waals surface area contributed by atoms with E-state index < -0.39 is 0 Å². The Balaban J connectivity index is 2.60. The minimum Gasteiger partial charge on any atom is -0.469 e. The van der Waals surface area contributed by atoms with Gasteiger partial charge in [0.15, 0.2) is 5.65 Å². The van der Waals surface area contributed by atoms with Crippen LogP contribution in [0.1, 0.15) is 37.7 Å². The topological polar surface area (TPSA) is 56.5 Å². The molecule has 0 aromatic carbocycles. The van der Waals surface area contributed by atoms with Crippen molar-refractivity contribution in [3.8, 4) is 0 Å². The van der Waals surface area contributed by atoms with E-state index >= 15 is 0 Å². The van der Waals surface area contributed by atoms with Crippen LogP contribution in [-0.4, -0.2) is 27.7 Å². The number of rotatable bonds is 2. The maximum Gasteiger partial charge on any atom is 0.310 e. The number of hydrogen-bond acceptors (Lipinski definition) is 4. The number of fused-ring (bicyclic) bond motifs is 1. The molecule has 0 unspecified atom stereocenters. The van der Waals surface area contributed by atoms with E-state index in [-0.39, 0.29) is 17.8 Å². The van der Waals surface area contributed by atoms with Crippen molar-refractivity contribution in [3.63, 3.8) is 0 Å². The fraction of sp³-hybridized carbons (Fsp3) is 0.500. The molecule has 20 heavy (non-hydrogen) atoms. The van der Waals surface area contributed by atoms with Gasteiger partial charge in [0, 0.05) is 22.7 Å². The molecular formula is C14H18ClN3O2. The molecule has 0 bridgehead atoms. The first kappa shape index (κ1) is 14.8. The molecule has 0 aliphatic rings. The standard InChI is InChI=1S/C14H18ClN3O2/c1-8-9(6-12(19)20-5)13(15)18-11(16-8)7-10(17-18)14(2,3)4/h7H,6H2,1-5H3. The summed E-state index contributed by atoms with van der Waals surface area (Å²) in [4.78, 5) is 15.9. The van der Waals surface area contributed by atoms with Crippen LogP contribution in [-0.2, 0) is 21.4 Å². The Bertz CT molecular complexity index is 671. The van der Waals surface area contributed by atoms with Gasteiger partial charge >= 0.3 is 5.97 Å². The van der Waals surface area contributed by atoms with E-state index in [9.17, 15) is 4.79 Å². The van der Waals surface area contributed by atoms with Crippen LogP contribution in [0.25, 0.3) is 5.65 Å². The SMILES string of the molecule is COC(=O)Cc1c(C)nc2cc(C(C)(C)C)nn2c1Cl. The summed E-state index contributed by atoms with van der Waals surface area (Å²) in [6, 6.07) is 1.92. The van der Waals surface area contributed by atoms with Crippen molar-refractivity contribution in [3.05, 3.63) is 28.2 Å². The fourth-order valence-corrected chi connectivity index (χ4v) is 2.22. The normalized spacial score (nSPS) is 11.9. The largest absolute Gasteiger partial charge is 0.469 e. The first-order chi connectivity index (χ1) is 9.24. The number of aromatic nitrogens is 3. The van der Waals surface area contributed by atoms with E-state index in [0.29, 0.717) is 22.1 Å². The van der Waals surface area contributed by atoms with Gasteiger partial charge in [-0.2, -0.15) is 5.10 Å². The summed E-state index contributed by atoms with van der Waals surface area (Å²) in [5.74, 6) is -0.348. The first-order valence-electron chi connectivity index (χ1n) is 6.36. The predicted octanol–water partition coefficient (Wildman–Crippen LogP) is 2.70. The number of ether oxygens (including phenoxy) is 1. The molecule has 0 atom stereocenters. The zero-order chi connectivity index (χ0) is 15.1. The second-order valence-electron chi connectivity index (χ2n) is 5.77. The van der Waals surface area contributed by atoms with Crippen LogP contribution >= 0.6 is 11.6 Å². The lowest BCUT2D eigenvalue weighted by Crippen LogP contribution is -2.12. The van der Waals surface area contributed by atoms with Crippen molar-refractivity contribution < 1.29 is 9.53 Å². The van der Waals surface area contributed by atoms with Crippen LogP contribution in [0, 0.1) is 6.92 Å². The fourth-order valence-electron chi connectivity index (χ4n) is 1.90. The molecule has 0 radical (unpaired) electrons. The van der Waals surface area contributed by atoms with Gasteiger partial charge in [-0.15, -0.1) is 0 Å². The van der Waals surface area contributed by atoms with Crippen molar-refractivity contribution in [1.29, 1.82) is 0 Å². The molecule has 0 aliphatic heterocycles. The molecule has 0 saturated carbocycles. The number of carbonyl (C=O) groups is 1. The minimum atomic E-state index is -0.348. The molecule has 0 amide bonds. The van der Waals surface area contributed by atoms with Gasteiger partial charge in [0.1, 0.15) is 5.15 Å². The van der Waals surface area contributed by atoms with Gasteiger partial charge in [0.25, 0.3) is 0 Å². The summed E-state index contributed by atoms with van der Waals surface area (Å²) in [7, 11) is 1.35. The van der Waals surface area contributed by atoms with Gasteiger partial charge in [0.05, 0.1) is 19.2 Å². The predicted molar refractivity (Wildman–Crippen MR) is 77.2 cm³/mol. The van der Waals surface area contributed by atoms with E-state index in [0.717, 1.165) is 5.69 Å². The van der Waals surface area contributed by atoms with Gasteiger partial charge in [-0.3, -0.25) is 4.79 Å². The average molecular weight is 296 g/mol. The third-order valence-electron chi connectivity index (χ3n) is 3.16. The van der Waals surface area contributed by atoms with Crippen LogP contribution < -0.4 is 0 Å². The first-order valence-corrected chi connectivity index (χ1v) is 6.74. The minimum absolute atomic E-state index is 0.0898. The highest BCUT2D eigenvalue weighted by Crippen LogP contribution is 2.26. The van der Waals surface area contributed by atoms with Crippen LogP contribution in [0.5, 0.6) is 0 Å². The zero-order valence-electron chi connectivity index (χ0n) is 12.3. The lowest BCUT2D eigenvalue weighted by Gasteiger charge is -2.13. The quantitative estimate of drug-likeness (QED) is 0.631. The van der Waals surface area contributed by atoms with E-state index in [1.165, 1.54) is 7.11 Å². The van der Waals surface area contributed by atoms with E-state index in [4.69, 9.17) is 11.6 Å². The zero-order valence-corrected chi connectivity index (χ0v) is 13.1. The van der Waals surface area contributed by atoms with E-state index in [1.807, 2.05) is 13.0 Å². The molecule has 108 valence electrons. The highest BCUT2D eigenvalue weighted by Gasteiger charge is 2.21. The Morgan fingerprint density at radius 1 is 1.45 bits per heavy atom. The Morgan fingerprint density at radius 2 is 2.10 bits per heavy atom. The van der Waals surface area contributed by atoms with Gasteiger partial charge in [-0.25, -0.2) is 9.50 Å². The van der Waals surface area contributed by atoms with Crippen molar-refractivity contribution in [2.24, 2.45) is 0 Å². The second-order valence-corrected chi connectivity index (χ2v) is 6.13. The summed E-state index contributed by atoms with van der Waals surface area (Å²) in [5, 5.41) is 4.90. The summed E-state index contributed by atoms with van der Waals surface area (Å²) in [6.45, 7) is 8.05. The molecule has 2 aromatic rings. The molecule has 0 spiro atoms. The summed E-state index contributed by atoms with van der Waals surface area (Å²) < 4.78 is 6.26. The third kappa shape index (κ3) is 2.63. The number of nitrogens with zero attached hydrogens (tertiary/aromatic N) is 3. The highest BCUT2D eigenvalue weighted by atomic mass is 35.5. The molecule has 0 saturated heterocycles. The molecule has 0 aliphatic carbocycles. The van der Waals surface area contributed by atoms with Crippen LogP contribution in [0.4, 0.5) is 0 Å². The Labute approximate surface area is 122 Å². The Kier molecular flexibility index (Phi) is 3.73. The number of esters is 1. The van der Waals surface area contributed by atoms with Crippen molar-refractivity contribution >= 4 is 23.2 Å². The molecule has 6 heteroatoms. The average Bonchev–Trinajstić information content (AvgIpc) is 2.78. The second kappa shape index (κ2) is 5.05. The molecule has 2 heterocycles. The van der Waals surface area contributed by atoms with Gasteiger partial charge in [0.2, 0.25) is 0 Å². The van der Waals surface area contributed by atoms with Gasteiger partial charge in [-0.05, 0) is 6.92 Å². The number of carbonyl (C=O) groups excluding carboxylic acids is 1. The number of halogens is 1. The molecule has 5 nitrogen and oxygen atoms in total. The van der Waals surface area contributed by atoms with Gasteiger partial charge in [-0.1, -0.05) is 32.4 Å². The maximum atomic E-state index is 11.4. The van der Waals surface area contributed by atoms with Gasteiger partial charge < -0.3 is 4.74 Å². The maximum absolute atomic E-state index is 11.4. The number of methoxy groups -OCH3 is 1. The highest BCUT2D eigenvalue weighted by molar-refractivity contribution is 6.30. The van der Waals surface area contributed by atoms with Crippen molar-refractivity contribution in [2.75, 3.05) is 7.11 Å². The number of hydrogen-bond donors (Lipinski definition) is 0. The lowest BCUT2D eigenvalue weighted by molar-refractivity contribution is -0.139. The third-order valence-corrected chi connectivity index (χ3v) is 3.55. The van der Waals surface area contributed by atoms with E-state index in [1.54, 1.807) is 4.52 Å². The molecule has 0 fully saturated rings. The number of aryl methyl sites for hydroxylation is 1. The Hall–Kier alpha value is -1.62. The Morgan fingerprint density at radius 3 is 2.65 bits per heavy atom.